The Morgan fingerprint density at radius 1 is 1.21 bits per heavy atom. The monoisotopic (exact) mass is 256 g/mol. The van der Waals surface area contributed by atoms with Gasteiger partial charge in [-0.05, 0) is 36.6 Å². The number of rotatable bonds is 2. The van der Waals surface area contributed by atoms with E-state index in [0.29, 0.717) is 5.92 Å². The number of nitrogens with zero attached hydrogens (tertiary/aromatic N) is 2. The van der Waals surface area contributed by atoms with E-state index in [1.54, 1.807) is 19.0 Å². The zero-order valence-electron chi connectivity index (χ0n) is 12.2. The van der Waals surface area contributed by atoms with Crippen LogP contribution in [0.15, 0.2) is 24.3 Å². The number of aryl methyl sites for hydroxylation is 1. The minimum absolute atomic E-state index is 0.0245. The van der Waals surface area contributed by atoms with Crippen LogP contribution in [0.3, 0.4) is 0 Å². The lowest BCUT2D eigenvalue weighted by Gasteiger charge is -2.14. The Morgan fingerprint density at radius 2 is 1.89 bits per heavy atom. The standard InChI is InChI=1S/C16H20N2O/c1-10(2)12-6-7-15-13(9-12)14(8-11(3)17-15)16(19)18(4)5/h6-10H,1-5H3. The molecule has 1 aromatic carbocycles. The van der Waals surface area contributed by atoms with Crippen LogP contribution in [-0.4, -0.2) is 29.9 Å². The highest BCUT2D eigenvalue weighted by Gasteiger charge is 2.14. The van der Waals surface area contributed by atoms with Crippen LogP contribution in [0, 0.1) is 6.92 Å². The number of fused-ring (bicyclic) bond motifs is 1. The molecule has 0 saturated carbocycles. The minimum atomic E-state index is 0.0245. The van der Waals surface area contributed by atoms with E-state index in [2.05, 4.69) is 31.0 Å². The van der Waals surface area contributed by atoms with Gasteiger partial charge in [0.15, 0.2) is 0 Å². The molecule has 3 nitrogen and oxygen atoms in total. The van der Waals surface area contributed by atoms with Crippen molar-refractivity contribution in [1.29, 1.82) is 0 Å². The zero-order chi connectivity index (χ0) is 14.2. The first-order chi connectivity index (χ1) is 8.90. The fourth-order valence-corrected chi connectivity index (χ4v) is 2.15. The van der Waals surface area contributed by atoms with E-state index in [1.807, 2.05) is 19.1 Å². The summed E-state index contributed by atoms with van der Waals surface area (Å²) in [5.41, 5.74) is 3.71. The van der Waals surface area contributed by atoms with Crippen LogP contribution in [0.4, 0.5) is 0 Å². The number of carbonyl (C=O) groups excluding carboxylic acids is 1. The van der Waals surface area contributed by atoms with Gasteiger partial charge in [-0.2, -0.15) is 0 Å². The summed E-state index contributed by atoms with van der Waals surface area (Å²) in [6.07, 6.45) is 0. The highest BCUT2D eigenvalue weighted by Crippen LogP contribution is 2.24. The summed E-state index contributed by atoms with van der Waals surface area (Å²) in [6.45, 7) is 6.22. The molecule has 0 saturated heterocycles. The van der Waals surface area contributed by atoms with Crippen molar-refractivity contribution in [3.05, 3.63) is 41.1 Å². The van der Waals surface area contributed by atoms with Crippen LogP contribution in [0.25, 0.3) is 10.9 Å². The van der Waals surface area contributed by atoms with Crippen LogP contribution in [-0.2, 0) is 0 Å². The summed E-state index contributed by atoms with van der Waals surface area (Å²) >= 11 is 0. The van der Waals surface area contributed by atoms with Crippen LogP contribution in [0.2, 0.25) is 0 Å². The second kappa shape index (κ2) is 5.00. The van der Waals surface area contributed by atoms with Gasteiger partial charge in [0.25, 0.3) is 5.91 Å². The number of aromatic nitrogens is 1. The lowest BCUT2D eigenvalue weighted by atomic mass is 9.98. The van der Waals surface area contributed by atoms with Crippen molar-refractivity contribution in [2.24, 2.45) is 0 Å². The Morgan fingerprint density at radius 3 is 2.47 bits per heavy atom. The van der Waals surface area contributed by atoms with E-state index in [1.165, 1.54) is 5.56 Å². The molecule has 100 valence electrons. The van der Waals surface area contributed by atoms with Crippen molar-refractivity contribution in [3.8, 4) is 0 Å². The molecule has 2 aromatic rings. The average molecular weight is 256 g/mol. The zero-order valence-corrected chi connectivity index (χ0v) is 12.2. The van der Waals surface area contributed by atoms with Crippen LogP contribution < -0.4 is 0 Å². The van der Waals surface area contributed by atoms with Gasteiger partial charge in [0.1, 0.15) is 0 Å². The highest BCUT2D eigenvalue weighted by atomic mass is 16.2. The number of carbonyl (C=O) groups is 1. The largest absolute Gasteiger partial charge is 0.345 e. The molecule has 2 rings (SSSR count). The van der Waals surface area contributed by atoms with Crippen molar-refractivity contribution < 1.29 is 4.79 Å². The van der Waals surface area contributed by atoms with Gasteiger partial charge in [0, 0.05) is 25.2 Å². The SMILES string of the molecule is Cc1cc(C(=O)N(C)C)c2cc(C(C)C)ccc2n1. The van der Waals surface area contributed by atoms with Crippen LogP contribution in [0.1, 0.15) is 41.4 Å². The van der Waals surface area contributed by atoms with Gasteiger partial charge in [-0.25, -0.2) is 0 Å². The van der Waals surface area contributed by atoms with Crippen molar-refractivity contribution >= 4 is 16.8 Å². The maximum atomic E-state index is 12.3. The second-order valence-corrected chi connectivity index (χ2v) is 5.44. The number of benzene rings is 1. The third-order valence-corrected chi connectivity index (χ3v) is 3.26. The highest BCUT2D eigenvalue weighted by molar-refractivity contribution is 6.06. The normalized spacial score (nSPS) is 11.1. The molecule has 1 aromatic heterocycles. The summed E-state index contributed by atoms with van der Waals surface area (Å²) in [4.78, 5) is 18.4. The van der Waals surface area contributed by atoms with Gasteiger partial charge < -0.3 is 4.90 Å². The van der Waals surface area contributed by atoms with E-state index >= 15 is 0 Å². The molecular formula is C16H20N2O. The van der Waals surface area contributed by atoms with Gasteiger partial charge in [-0.15, -0.1) is 0 Å². The molecule has 0 bridgehead atoms. The second-order valence-electron chi connectivity index (χ2n) is 5.44. The maximum Gasteiger partial charge on any atom is 0.254 e. The predicted molar refractivity (Wildman–Crippen MR) is 78.6 cm³/mol. The van der Waals surface area contributed by atoms with E-state index in [0.717, 1.165) is 22.2 Å². The Labute approximate surface area is 114 Å². The first-order valence-electron chi connectivity index (χ1n) is 6.53. The quantitative estimate of drug-likeness (QED) is 0.825. The molecule has 0 unspecified atom stereocenters. The Balaban J connectivity index is 2.73. The van der Waals surface area contributed by atoms with Gasteiger partial charge in [-0.3, -0.25) is 9.78 Å². The van der Waals surface area contributed by atoms with Gasteiger partial charge in [0.05, 0.1) is 11.1 Å². The lowest BCUT2D eigenvalue weighted by Crippen LogP contribution is -2.22. The lowest BCUT2D eigenvalue weighted by molar-refractivity contribution is 0.0829. The molecule has 0 spiro atoms. The summed E-state index contributed by atoms with van der Waals surface area (Å²) in [7, 11) is 3.55. The molecule has 0 fully saturated rings. The van der Waals surface area contributed by atoms with E-state index in [9.17, 15) is 4.79 Å². The smallest absolute Gasteiger partial charge is 0.254 e. The van der Waals surface area contributed by atoms with E-state index < -0.39 is 0 Å². The molecule has 1 amide bonds. The number of hydrogen-bond acceptors (Lipinski definition) is 2. The fraction of sp³-hybridized carbons (Fsp3) is 0.375. The van der Waals surface area contributed by atoms with Crippen LogP contribution >= 0.6 is 0 Å². The van der Waals surface area contributed by atoms with Crippen molar-refractivity contribution in [2.75, 3.05) is 14.1 Å². The summed E-state index contributed by atoms with van der Waals surface area (Å²) in [5.74, 6) is 0.462. The summed E-state index contributed by atoms with van der Waals surface area (Å²) in [5, 5.41) is 0.940. The molecule has 0 atom stereocenters. The first-order valence-corrected chi connectivity index (χ1v) is 6.53. The Bertz CT molecular complexity index is 630. The average Bonchev–Trinajstić information content (AvgIpc) is 2.35. The molecule has 0 aliphatic carbocycles. The van der Waals surface area contributed by atoms with Crippen molar-refractivity contribution in [2.45, 2.75) is 26.7 Å². The molecule has 0 aliphatic rings. The van der Waals surface area contributed by atoms with Crippen molar-refractivity contribution in [3.63, 3.8) is 0 Å². The molecular weight excluding hydrogens is 236 g/mol. The Hall–Kier alpha value is -1.90. The fourth-order valence-electron chi connectivity index (χ4n) is 2.15. The topological polar surface area (TPSA) is 33.2 Å². The molecule has 3 heteroatoms. The molecule has 0 radical (unpaired) electrons. The summed E-state index contributed by atoms with van der Waals surface area (Å²) < 4.78 is 0. The number of hydrogen-bond donors (Lipinski definition) is 0. The predicted octanol–water partition coefficient (Wildman–Crippen LogP) is 3.37. The summed E-state index contributed by atoms with van der Waals surface area (Å²) in [6, 6.07) is 8.05. The van der Waals surface area contributed by atoms with Crippen LogP contribution in [0.5, 0.6) is 0 Å². The molecule has 0 N–H and O–H groups in total. The molecule has 0 aliphatic heterocycles. The third kappa shape index (κ3) is 2.60. The Kier molecular flexibility index (Phi) is 3.56. The van der Waals surface area contributed by atoms with Gasteiger partial charge in [0.2, 0.25) is 0 Å². The molecule has 1 heterocycles. The molecule has 19 heavy (non-hydrogen) atoms. The number of amides is 1. The maximum absolute atomic E-state index is 12.3. The number of pyridine rings is 1. The third-order valence-electron chi connectivity index (χ3n) is 3.26. The van der Waals surface area contributed by atoms with E-state index in [-0.39, 0.29) is 5.91 Å². The first kappa shape index (κ1) is 13.5. The van der Waals surface area contributed by atoms with Gasteiger partial charge in [-0.1, -0.05) is 19.9 Å². The van der Waals surface area contributed by atoms with E-state index in [4.69, 9.17) is 0 Å². The van der Waals surface area contributed by atoms with Crippen molar-refractivity contribution in [1.82, 2.24) is 9.88 Å². The van der Waals surface area contributed by atoms with Gasteiger partial charge >= 0.3 is 0 Å². The minimum Gasteiger partial charge on any atom is -0.345 e.